The molecule has 0 saturated heterocycles. The van der Waals surface area contributed by atoms with E-state index < -0.39 is 5.95 Å². The van der Waals surface area contributed by atoms with Crippen molar-refractivity contribution < 1.29 is 4.39 Å². The predicted molar refractivity (Wildman–Crippen MR) is 65.6 cm³/mol. The molecule has 0 spiro atoms. The van der Waals surface area contributed by atoms with Crippen LogP contribution in [0.15, 0.2) is 30.5 Å². The molecule has 5 heteroatoms. The number of pyridine rings is 1. The number of nitrogens with zero attached hydrogens (tertiary/aromatic N) is 2. The van der Waals surface area contributed by atoms with Gasteiger partial charge < -0.3 is 4.90 Å². The van der Waals surface area contributed by atoms with E-state index in [4.69, 9.17) is 11.6 Å². The maximum atomic E-state index is 12.9. The van der Waals surface area contributed by atoms with Crippen LogP contribution in [-0.4, -0.2) is 12.0 Å². The number of anilines is 1. The van der Waals surface area contributed by atoms with Gasteiger partial charge in [0, 0.05) is 29.9 Å². The fourth-order valence-corrected chi connectivity index (χ4v) is 2.53. The van der Waals surface area contributed by atoms with Crippen LogP contribution in [0.25, 0.3) is 0 Å². The van der Waals surface area contributed by atoms with E-state index in [9.17, 15) is 4.39 Å². The van der Waals surface area contributed by atoms with Crippen LogP contribution in [0, 0.1) is 5.95 Å². The van der Waals surface area contributed by atoms with E-state index in [1.54, 1.807) is 6.07 Å². The third kappa shape index (κ3) is 2.71. The smallest absolute Gasteiger partial charge is 0.214 e. The van der Waals surface area contributed by atoms with Gasteiger partial charge in [0.15, 0.2) is 0 Å². The number of aromatic nitrogens is 1. The van der Waals surface area contributed by atoms with Gasteiger partial charge in [-0.05, 0) is 18.2 Å². The lowest BCUT2D eigenvalue weighted by molar-refractivity contribution is 0.583. The summed E-state index contributed by atoms with van der Waals surface area (Å²) < 4.78 is 13.7. The summed E-state index contributed by atoms with van der Waals surface area (Å²) in [5.74, 6) is -0.464. The van der Waals surface area contributed by atoms with Gasteiger partial charge in [0.25, 0.3) is 0 Å². The number of hydrogen-bond acceptors (Lipinski definition) is 3. The fourth-order valence-electron chi connectivity index (χ4n) is 1.39. The molecular weight excluding hydrogens is 247 g/mol. The van der Waals surface area contributed by atoms with Gasteiger partial charge in [0.05, 0.1) is 10.9 Å². The lowest BCUT2D eigenvalue weighted by Gasteiger charge is -2.17. The zero-order chi connectivity index (χ0) is 11.5. The quantitative estimate of drug-likeness (QED) is 0.781. The maximum Gasteiger partial charge on any atom is 0.214 e. The third-order valence-electron chi connectivity index (χ3n) is 2.17. The van der Waals surface area contributed by atoms with Crippen LogP contribution in [0.2, 0.25) is 4.34 Å². The Hall–Kier alpha value is -1.13. The average molecular weight is 257 g/mol. The van der Waals surface area contributed by atoms with Gasteiger partial charge in [-0.2, -0.15) is 4.39 Å². The summed E-state index contributed by atoms with van der Waals surface area (Å²) in [5, 5.41) is 0. The molecule has 0 bridgehead atoms. The molecule has 2 aromatic heterocycles. The molecule has 0 aliphatic rings. The highest BCUT2D eigenvalue weighted by atomic mass is 35.5. The highest BCUT2D eigenvalue weighted by molar-refractivity contribution is 7.16. The van der Waals surface area contributed by atoms with Crippen LogP contribution >= 0.6 is 22.9 Å². The van der Waals surface area contributed by atoms with Crippen molar-refractivity contribution in [2.75, 3.05) is 11.9 Å². The molecule has 16 heavy (non-hydrogen) atoms. The molecule has 0 unspecified atom stereocenters. The van der Waals surface area contributed by atoms with E-state index in [1.807, 2.05) is 24.1 Å². The molecule has 2 rings (SSSR count). The van der Waals surface area contributed by atoms with Crippen LogP contribution < -0.4 is 4.90 Å². The van der Waals surface area contributed by atoms with Crippen LogP contribution in [0.3, 0.4) is 0 Å². The zero-order valence-corrected chi connectivity index (χ0v) is 10.2. The molecule has 2 aromatic rings. The van der Waals surface area contributed by atoms with Gasteiger partial charge in [-0.3, -0.25) is 0 Å². The lowest BCUT2D eigenvalue weighted by atomic mass is 10.3. The molecule has 0 radical (unpaired) electrons. The van der Waals surface area contributed by atoms with Gasteiger partial charge in [-0.1, -0.05) is 11.6 Å². The average Bonchev–Trinajstić information content (AvgIpc) is 2.64. The summed E-state index contributed by atoms with van der Waals surface area (Å²) in [6.45, 7) is 0.709. The van der Waals surface area contributed by atoms with Gasteiger partial charge >= 0.3 is 0 Å². The highest BCUT2D eigenvalue weighted by Gasteiger charge is 2.05. The van der Waals surface area contributed by atoms with Crippen LogP contribution in [-0.2, 0) is 6.54 Å². The van der Waals surface area contributed by atoms with Crippen LogP contribution in [0.4, 0.5) is 10.1 Å². The Morgan fingerprint density at radius 3 is 2.88 bits per heavy atom. The molecule has 0 aliphatic heterocycles. The number of halogens is 2. The SMILES string of the molecule is CN(Cc1ccc(Cl)s1)c1ccnc(F)c1. The molecule has 2 heterocycles. The first-order valence-electron chi connectivity index (χ1n) is 4.72. The summed E-state index contributed by atoms with van der Waals surface area (Å²) in [4.78, 5) is 6.62. The second kappa shape index (κ2) is 4.80. The Morgan fingerprint density at radius 2 is 2.25 bits per heavy atom. The van der Waals surface area contributed by atoms with Crippen molar-refractivity contribution in [3.63, 3.8) is 0 Å². The summed E-state index contributed by atoms with van der Waals surface area (Å²) in [6, 6.07) is 7.02. The molecule has 84 valence electrons. The van der Waals surface area contributed by atoms with E-state index >= 15 is 0 Å². The molecule has 0 aromatic carbocycles. The fraction of sp³-hybridized carbons (Fsp3) is 0.182. The zero-order valence-electron chi connectivity index (χ0n) is 8.65. The molecular formula is C11H10ClFN2S. The Bertz CT molecular complexity index is 486. The minimum absolute atomic E-state index is 0.464. The van der Waals surface area contributed by atoms with Crippen LogP contribution in [0.5, 0.6) is 0 Å². The first-order chi connectivity index (χ1) is 7.65. The largest absolute Gasteiger partial charge is 0.369 e. The predicted octanol–water partition coefficient (Wildman–Crippen LogP) is 3.57. The van der Waals surface area contributed by atoms with E-state index in [-0.39, 0.29) is 0 Å². The first kappa shape index (κ1) is 11.4. The van der Waals surface area contributed by atoms with E-state index in [1.165, 1.54) is 23.6 Å². The van der Waals surface area contributed by atoms with Crippen molar-refractivity contribution in [3.05, 3.63) is 45.6 Å². The van der Waals surface area contributed by atoms with Crippen molar-refractivity contribution in [2.45, 2.75) is 6.54 Å². The molecule has 0 saturated carbocycles. The molecule has 2 nitrogen and oxygen atoms in total. The molecule has 0 fully saturated rings. The minimum Gasteiger partial charge on any atom is -0.369 e. The summed E-state index contributed by atoms with van der Waals surface area (Å²) in [5.41, 5.74) is 0.803. The first-order valence-corrected chi connectivity index (χ1v) is 5.91. The Labute approximate surface area is 102 Å². The topological polar surface area (TPSA) is 16.1 Å². The second-order valence-electron chi connectivity index (χ2n) is 3.40. The standard InChI is InChI=1S/C11H10ClFN2S/c1-15(7-9-2-3-10(12)16-9)8-4-5-14-11(13)6-8/h2-6H,7H2,1H3. The Morgan fingerprint density at radius 1 is 1.44 bits per heavy atom. The minimum atomic E-state index is -0.464. The summed E-state index contributed by atoms with van der Waals surface area (Å²) in [7, 11) is 1.91. The number of hydrogen-bond donors (Lipinski definition) is 0. The van der Waals surface area contributed by atoms with Gasteiger partial charge in [-0.25, -0.2) is 4.98 Å². The van der Waals surface area contributed by atoms with E-state index in [2.05, 4.69) is 4.98 Å². The summed E-state index contributed by atoms with van der Waals surface area (Å²) >= 11 is 7.37. The molecule has 0 atom stereocenters. The van der Waals surface area contributed by atoms with Gasteiger partial charge in [-0.15, -0.1) is 11.3 Å². The Balaban J connectivity index is 2.11. The van der Waals surface area contributed by atoms with Gasteiger partial charge in [0.1, 0.15) is 0 Å². The molecule has 0 amide bonds. The van der Waals surface area contributed by atoms with Crippen molar-refractivity contribution >= 4 is 28.6 Å². The van der Waals surface area contributed by atoms with E-state index in [0.717, 1.165) is 14.9 Å². The molecule has 0 aliphatic carbocycles. The van der Waals surface area contributed by atoms with Crippen molar-refractivity contribution in [1.82, 2.24) is 4.98 Å². The van der Waals surface area contributed by atoms with Crippen molar-refractivity contribution in [2.24, 2.45) is 0 Å². The Kier molecular flexibility index (Phi) is 3.41. The van der Waals surface area contributed by atoms with Crippen LogP contribution in [0.1, 0.15) is 4.88 Å². The van der Waals surface area contributed by atoms with Crippen molar-refractivity contribution in [1.29, 1.82) is 0 Å². The maximum absolute atomic E-state index is 12.9. The summed E-state index contributed by atoms with van der Waals surface area (Å²) in [6.07, 6.45) is 1.46. The third-order valence-corrected chi connectivity index (χ3v) is 3.39. The van der Waals surface area contributed by atoms with Gasteiger partial charge in [0.2, 0.25) is 5.95 Å². The number of rotatable bonds is 3. The highest BCUT2D eigenvalue weighted by Crippen LogP contribution is 2.24. The number of thiophene rings is 1. The second-order valence-corrected chi connectivity index (χ2v) is 5.20. The normalized spacial score (nSPS) is 10.4. The monoisotopic (exact) mass is 256 g/mol. The lowest BCUT2D eigenvalue weighted by Crippen LogP contribution is -2.15. The van der Waals surface area contributed by atoms with Crippen molar-refractivity contribution in [3.8, 4) is 0 Å². The molecule has 0 N–H and O–H groups in total. The van der Waals surface area contributed by atoms with E-state index in [0.29, 0.717) is 6.54 Å².